The molecule has 0 unspecified atom stereocenters. The average molecular weight is 304 g/mol. The molecule has 23 heavy (non-hydrogen) atoms. The second-order valence-electron chi connectivity index (χ2n) is 5.65. The Labute approximate surface area is 136 Å². The first kappa shape index (κ1) is 15.0. The number of hydrogen-bond acceptors (Lipinski definition) is 4. The smallest absolute Gasteiger partial charge is 0.229 e. The molecule has 0 radical (unpaired) electrons. The van der Waals surface area contributed by atoms with Crippen molar-refractivity contribution in [3.8, 4) is 0 Å². The van der Waals surface area contributed by atoms with Crippen LogP contribution < -0.4 is 10.6 Å². The molecular formula is C19H20N4. The van der Waals surface area contributed by atoms with Crippen molar-refractivity contribution in [2.75, 3.05) is 10.6 Å². The fraction of sp³-hybridized carbons (Fsp3) is 0.158. The first-order valence-corrected chi connectivity index (χ1v) is 7.62. The van der Waals surface area contributed by atoms with E-state index in [0.717, 1.165) is 22.9 Å². The molecule has 3 rings (SSSR count). The van der Waals surface area contributed by atoms with Gasteiger partial charge in [0.05, 0.1) is 0 Å². The van der Waals surface area contributed by atoms with Gasteiger partial charge in [-0.1, -0.05) is 30.3 Å². The molecule has 3 aromatic rings. The van der Waals surface area contributed by atoms with Gasteiger partial charge >= 0.3 is 0 Å². The minimum absolute atomic E-state index is 0.595. The number of nitrogens with zero attached hydrogens (tertiary/aromatic N) is 2. The van der Waals surface area contributed by atoms with Crippen LogP contribution in [0.5, 0.6) is 0 Å². The van der Waals surface area contributed by atoms with Gasteiger partial charge in [0.1, 0.15) is 5.82 Å². The van der Waals surface area contributed by atoms with Crippen molar-refractivity contribution < 1.29 is 0 Å². The lowest BCUT2D eigenvalue weighted by Gasteiger charge is -2.12. The number of nitrogens with one attached hydrogen (secondary N) is 2. The van der Waals surface area contributed by atoms with Crippen LogP contribution in [-0.4, -0.2) is 9.97 Å². The Balaban J connectivity index is 1.87. The van der Waals surface area contributed by atoms with Crippen molar-refractivity contribution in [3.05, 3.63) is 71.4 Å². The predicted octanol–water partition coefficient (Wildman–Crippen LogP) is 4.89. The van der Waals surface area contributed by atoms with Gasteiger partial charge < -0.3 is 10.6 Å². The number of aryl methyl sites for hydroxylation is 3. The lowest BCUT2D eigenvalue weighted by molar-refractivity contribution is 1.10. The normalized spacial score (nSPS) is 10.4. The average Bonchev–Trinajstić information content (AvgIpc) is 2.51. The lowest BCUT2D eigenvalue weighted by atomic mass is 10.1. The quantitative estimate of drug-likeness (QED) is 0.720. The van der Waals surface area contributed by atoms with Gasteiger partial charge in [-0.2, -0.15) is 4.98 Å². The highest BCUT2D eigenvalue weighted by molar-refractivity contribution is 5.62. The van der Waals surface area contributed by atoms with Crippen LogP contribution in [0.3, 0.4) is 0 Å². The molecule has 0 aliphatic rings. The summed E-state index contributed by atoms with van der Waals surface area (Å²) in [5.74, 6) is 1.37. The van der Waals surface area contributed by atoms with Gasteiger partial charge in [-0.05, 0) is 50.1 Å². The lowest BCUT2D eigenvalue weighted by Crippen LogP contribution is -2.03. The molecule has 2 aromatic carbocycles. The van der Waals surface area contributed by atoms with Crippen LogP contribution in [0, 0.1) is 20.8 Å². The summed E-state index contributed by atoms with van der Waals surface area (Å²) >= 11 is 0. The number of para-hydroxylation sites is 1. The maximum atomic E-state index is 4.56. The summed E-state index contributed by atoms with van der Waals surface area (Å²) in [6, 6.07) is 18.2. The van der Waals surface area contributed by atoms with E-state index < -0.39 is 0 Å². The highest BCUT2D eigenvalue weighted by atomic mass is 15.1. The number of rotatable bonds is 4. The Morgan fingerprint density at radius 3 is 2.35 bits per heavy atom. The number of aromatic nitrogens is 2. The minimum atomic E-state index is 0.595. The van der Waals surface area contributed by atoms with E-state index >= 15 is 0 Å². The molecule has 0 saturated heterocycles. The third-order valence-electron chi connectivity index (χ3n) is 3.54. The SMILES string of the molecule is Cc1ccc(C)c(Nc2nc(C)cc(Nc3ccccc3)n2)c1. The topological polar surface area (TPSA) is 49.8 Å². The summed E-state index contributed by atoms with van der Waals surface area (Å²) < 4.78 is 0. The van der Waals surface area contributed by atoms with Gasteiger partial charge in [-0.3, -0.25) is 0 Å². The van der Waals surface area contributed by atoms with Crippen molar-refractivity contribution in [2.45, 2.75) is 20.8 Å². The Hall–Kier alpha value is -2.88. The first-order valence-electron chi connectivity index (χ1n) is 7.62. The number of anilines is 4. The Bertz CT molecular complexity index is 813. The Morgan fingerprint density at radius 2 is 1.57 bits per heavy atom. The van der Waals surface area contributed by atoms with Crippen molar-refractivity contribution >= 4 is 23.1 Å². The van der Waals surface area contributed by atoms with E-state index in [4.69, 9.17) is 0 Å². The zero-order valence-electron chi connectivity index (χ0n) is 13.6. The number of hydrogen-bond donors (Lipinski definition) is 2. The minimum Gasteiger partial charge on any atom is -0.340 e. The molecule has 0 aliphatic carbocycles. The van der Waals surface area contributed by atoms with Gasteiger partial charge in [0.25, 0.3) is 0 Å². The Kier molecular flexibility index (Phi) is 4.24. The molecule has 0 fully saturated rings. The van der Waals surface area contributed by atoms with E-state index in [1.807, 2.05) is 43.3 Å². The summed E-state index contributed by atoms with van der Waals surface area (Å²) in [6.07, 6.45) is 0. The highest BCUT2D eigenvalue weighted by Gasteiger charge is 2.05. The van der Waals surface area contributed by atoms with E-state index in [1.54, 1.807) is 0 Å². The fourth-order valence-corrected chi connectivity index (χ4v) is 2.35. The van der Waals surface area contributed by atoms with E-state index in [9.17, 15) is 0 Å². The van der Waals surface area contributed by atoms with Crippen molar-refractivity contribution in [1.82, 2.24) is 9.97 Å². The predicted molar refractivity (Wildman–Crippen MR) is 95.7 cm³/mol. The second kappa shape index (κ2) is 6.48. The zero-order chi connectivity index (χ0) is 16.2. The molecule has 116 valence electrons. The van der Waals surface area contributed by atoms with E-state index in [-0.39, 0.29) is 0 Å². The molecule has 0 atom stereocenters. The van der Waals surface area contributed by atoms with Gasteiger partial charge in [-0.25, -0.2) is 4.98 Å². The van der Waals surface area contributed by atoms with Crippen LogP contribution in [0.2, 0.25) is 0 Å². The van der Waals surface area contributed by atoms with Gasteiger partial charge in [0.2, 0.25) is 5.95 Å². The van der Waals surface area contributed by atoms with Crippen LogP contribution in [0.15, 0.2) is 54.6 Å². The molecule has 4 heteroatoms. The monoisotopic (exact) mass is 304 g/mol. The highest BCUT2D eigenvalue weighted by Crippen LogP contribution is 2.22. The van der Waals surface area contributed by atoms with Crippen molar-refractivity contribution in [3.63, 3.8) is 0 Å². The zero-order valence-corrected chi connectivity index (χ0v) is 13.6. The maximum absolute atomic E-state index is 4.56. The molecular weight excluding hydrogens is 284 g/mol. The molecule has 0 saturated carbocycles. The van der Waals surface area contributed by atoms with Crippen LogP contribution in [-0.2, 0) is 0 Å². The first-order chi connectivity index (χ1) is 11.1. The van der Waals surface area contributed by atoms with Gasteiger partial charge in [0, 0.05) is 23.1 Å². The fourth-order valence-electron chi connectivity index (χ4n) is 2.35. The van der Waals surface area contributed by atoms with Crippen LogP contribution in [0.25, 0.3) is 0 Å². The molecule has 0 spiro atoms. The van der Waals surface area contributed by atoms with Crippen LogP contribution in [0.1, 0.15) is 16.8 Å². The van der Waals surface area contributed by atoms with Crippen LogP contribution in [0.4, 0.5) is 23.1 Å². The molecule has 2 N–H and O–H groups in total. The van der Waals surface area contributed by atoms with Crippen molar-refractivity contribution in [1.29, 1.82) is 0 Å². The molecule has 4 nitrogen and oxygen atoms in total. The maximum Gasteiger partial charge on any atom is 0.229 e. The van der Waals surface area contributed by atoms with Gasteiger partial charge in [-0.15, -0.1) is 0 Å². The van der Waals surface area contributed by atoms with Gasteiger partial charge in [0.15, 0.2) is 0 Å². The molecule has 0 amide bonds. The van der Waals surface area contributed by atoms with Crippen LogP contribution >= 0.6 is 0 Å². The summed E-state index contributed by atoms with van der Waals surface area (Å²) in [5.41, 5.74) is 5.31. The molecule has 1 heterocycles. The largest absolute Gasteiger partial charge is 0.340 e. The van der Waals surface area contributed by atoms with E-state index in [2.05, 4.69) is 52.6 Å². The molecule has 0 aliphatic heterocycles. The van der Waals surface area contributed by atoms with E-state index in [0.29, 0.717) is 5.95 Å². The number of benzene rings is 2. The van der Waals surface area contributed by atoms with E-state index in [1.165, 1.54) is 11.1 Å². The summed E-state index contributed by atoms with van der Waals surface area (Å²) in [4.78, 5) is 9.04. The molecule has 1 aromatic heterocycles. The second-order valence-corrected chi connectivity index (χ2v) is 5.65. The summed E-state index contributed by atoms with van der Waals surface area (Å²) in [5, 5.41) is 6.62. The van der Waals surface area contributed by atoms with Crippen molar-refractivity contribution in [2.24, 2.45) is 0 Å². The summed E-state index contributed by atoms with van der Waals surface area (Å²) in [7, 11) is 0. The summed E-state index contributed by atoms with van der Waals surface area (Å²) in [6.45, 7) is 6.11. The Morgan fingerprint density at radius 1 is 0.783 bits per heavy atom. The third kappa shape index (κ3) is 3.86. The standard InChI is InChI=1S/C19H20N4/c1-13-9-10-14(2)17(11-13)22-19-20-15(3)12-18(23-19)21-16-7-5-4-6-8-16/h4-12H,1-3H3,(H2,20,21,22,23). The molecule has 0 bridgehead atoms. The third-order valence-corrected chi connectivity index (χ3v) is 3.54.